The first kappa shape index (κ1) is 18.9. The number of anilines is 3. The van der Waals surface area contributed by atoms with Gasteiger partial charge >= 0.3 is 0 Å². The molecule has 2 aromatic carbocycles. The number of nitrogens with zero attached hydrogens (tertiary/aromatic N) is 1. The average molecular weight is 382 g/mol. The molecule has 0 atom stereocenters. The fraction of sp³-hybridized carbons (Fsp3) is 0.190. The minimum atomic E-state index is -3.42. The van der Waals surface area contributed by atoms with Gasteiger partial charge in [-0.1, -0.05) is 49.4 Å². The summed E-state index contributed by atoms with van der Waals surface area (Å²) in [4.78, 5) is 4.28. The van der Waals surface area contributed by atoms with Crippen LogP contribution in [-0.2, 0) is 22.9 Å². The molecule has 3 rings (SSSR count). The van der Waals surface area contributed by atoms with Gasteiger partial charge in [-0.3, -0.25) is 4.72 Å². The van der Waals surface area contributed by atoms with E-state index in [4.69, 9.17) is 0 Å². The van der Waals surface area contributed by atoms with Gasteiger partial charge in [0, 0.05) is 5.69 Å². The van der Waals surface area contributed by atoms with Gasteiger partial charge < -0.3 is 5.32 Å². The Hall–Kier alpha value is -2.86. The standard InChI is InChI=1S/C21H23N3O2S/c1-2-17-8-10-19(11-9-17)23-21-13-12-20(16-22-21)24-27(25,26)15-14-18-6-4-3-5-7-18/h3-13,16,24H,2,14-15H2,1H3,(H,22,23). The van der Waals surface area contributed by atoms with Gasteiger partial charge in [0.05, 0.1) is 17.6 Å². The van der Waals surface area contributed by atoms with Crippen molar-refractivity contribution in [3.63, 3.8) is 0 Å². The van der Waals surface area contributed by atoms with E-state index < -0.39 is 10.0 Å². The van der Waals surface area contributed by atoms with Crippen LogP contribution in [0.2, 0.25) is 0 Å². The summed E-state index contributed by atoms with van der Waals surface area (Å²) in [6.07, 6.45) is 2.98. The van der Waals surface area contributed by atoms with Gasteiger partial charge in [-0.25, -0.2) is 13.4 Å². The molecule has 0 aliphatic heterocycles. The lowest BCUT2D eigenvalue weighted by atomic mass is 10.1. The maximum Gasteiger partial charge on any atom is 0.233 e. The van der Waals surface area contributed by atoms with Gasteiger partial charge in [-0.15, -0.1) is 0 Å². The van der Waals surface area contributed by atoms with E-state index in [0.29, 0.717) is 17.9 Å². The molecule has 2 N–H and O–H groups in total. The molecule has 1 heterocycles. The Morgan fingerprint density at radius 2 is 1.56 bits per heavy atom. The minimum Gasteiger partial charge on any atom is -0.340 e. The summed E-state index contributed by atoms with van der Waals surface area (Å²) < 4.78 is 27.1. The van der Waals surface area contributed by atoms with E-state index >= 15 is 0 Å². The number of sulfonamides is 1. The zero-order valence-electron chi connectivity index (χ0n) is 15.2. The summed E-state index contributed by atoms with van der Waals surface area (Å²) in [5.74, 6) is 0.687. The number of aromatic nitrogens is 1. The van der Waals surface area contributed by atoms with Crippen molar-refractivity contribution in [2.75, 3.05) is 15.8 Å². The Balaban J connectivity index is 1.57. The van der Waals surface area contributed by atoms with Crippen LogP contribution >= 0.6 is 0 Å². The van der Waals surface area contributed by atoms with E-state index in [2.05, 4.69) is 34.1 Å². The number of benzene rings is 2. The molecule has 0 bridgehead atoms. The normalized spacial score (nSPS) is 11.1. The quantitative estimate of drug-likeness (QED) is 0.608. The minimum absolute atomic E-state index is 0.0286. The van der Waals surface area contributed by atoms with E-state index in [-0.39, 0.29) is 5.75 Å². The highest BCUT2D eigenvalue weighted by atomic mass is 32.2. The van der Waals surface area contributed by atoms with E-state index in [9.17, 15) is 8.42 Å². The number of nitrogens with one attached hydrogen (secondary N) is 2. The summed E-state index contributed by atoms with van der Waals surface area (Å²) in [7, 11) is -3.42. The molecule has 0 saturated heterocycles. The van der Waals surface area contributed by atoms with Crippen LogP contribution in [-0.4, -0.2) is 19.2 Å². The number of hydrogen-bond donors (Lipinski definition) is 2. The molecule has 0 aliphatic carbocycles. The highest BCUT2D eigenvalue weighted by Crippen LogP contribution is 2.18. The Labute approximate surface area is 160 Å². The molecule has 0 saturated carbocycles. The summed E-state index contributed by atoms with van der Waals surface area (Å²) >= 11 is 0. The molecule has 6 heteroatoms. The van der Waals surface area contributed by atoms with E-state index in [1.165, 1.54) is 11.8 Å². The van der Waals surface area contributed by atoms with Crippen LogP contribution in [0.5, 0.6) is 0 Å². The van der Waals surface area contributed by atoms with Crippen molar-refractivity contribution in [3.8, 4) is 0 Å². The van der Waals surface area contributed by atoms with Gasteiger partial charge in [0.2, 0.25) is 10.0 Å². The molecular weight excluding hydrogens is 358 g/mol. The number of aryl methyl sites for hydroxylation is 2. The zero-order valence-corrected chi connectivity index (χ0v) is 16.0. The summed E-state index contributed by atoms with van der Waals surface area (Å²) in [6, 6.07) is 21.2. The molecular formula is C21H23N3O2S. The van der Waals surface area contributed by atoms with Crippen molar-refractivity contribution < 1.29 is 8.42 Å². The summed E-state index contributed by atoms with van der Waals surface area (Å²) in [5.41, 5.74) is 3.66. The molecule has 0 fully saturated rings. The van der Waals surface area contributed by atoms with Crippen molar-refractivity contribution in [3.05, 3.63) is 84.1 Å². The summed E-state index contributed by atoms with van der Waals surface area (Å²) in [5, 5.41) is 3.20. The van der Waals surface area contributed by atoms with Gasteiger partial charge in [0.1, 0.15) is 5.82 Å². The molecule has 0 aliphatic rings. The lowest BCUT2D eigenvalue weighted by molar-refractivity contribution is 0.600. The number of hydrogen-bond acceptors (Lipinski definition) is 4. The predicted molar refractivity (Wildman–Crippen MR) is 111 cm³/mol. The lowest BCUT2D eigenvalue weighted by Gasteiger charge is -2.10. The Morgan fingerprint density at radius 3 is 2.19 bits per heavy atom. The number of pyridine rings is 1. The highest BCUT2D eigenvalue weighted by Gasteiger charge is 2.11. The fourth-order valence-corrected chi connectivity index (χ4v) is 3.71. The molecule has 0 radical (unpaired) electrons. The fourth-order valence-electron chi connectivity index (χ4n) is 2.63. The van der Waals surface area contributed by atoms with Crippen molar-refractivity contribution in [1.82, 2.24) is 4.98 Å². The lowest BCUT2D eigenvalue weighted by Crippen LogP contribution is -2.18. The first-order chi connectivity index (χ1) is 13.0. The third kappa shape index (κ3) is 5.82. The second-order valence-electron chi connectivity index (χ2n) is 6.26. The largest absolute Gasteiger partial charge is 0.340 e. The molecule has 5 nitrogen and oxygen atoms in total. The SMILES string of the molecule is CCc1ccc(Nc2ccc(NS(=O)(=O)CCc3ccccc3)cn2)cc1. The average Bonchev–Trinajstić information content (AvgIpc) is 2.69. The third-order valence-electron chi connectivity index (χ3n) is 4.17. The third-order valence-corrected chi connectivity index (χ3v) is 5.46. The van der Waals surface area contributed by atoms with Crippen LogP contribution in [0, 0.1) is 0 Å². The van der Waals surface area contributed by atoms with Crippen molar-refractivity contribution in [2.24, 2.45) is 0 Å². The maximum atomic E-state index is 12.3. The van der Waals surface area contributed by atoms with Crippen LogP contribution in [0.3, 0.4) is 0 Å². The Kier molecular flexibility index (Phi) is 6.08. The monoisotopic (exact) mass is 381 g/mol. The van der Waals surface area contributed by atoms with Crippen LogP contribution in [0.1, 0.15) is 18.1 Å². The van der Waals surface area contributed by atoms with Gasteiger partial charge in [0.25, 0.3) is 0 Å². The number of rotatable bonds is 8. The van der Waals surface area contributed by atoms with Gasteiger partial charge in [-0.2, -0.15) is 0 Å². The topological polar surface area (TPSA) is 71.1 Å². The van der Waals surface area contributed by atoms with Crippen LogP contribution in [0.4, 0.5) is 17.2 Å². The first-order valence-electron chi connectivity index (χ1n) is 8.90. The molecule has 140 valence electrons. The Morgan fingerprint density at radius 1 is 0.852 bits per heavy atom. The predicted octanol–water partition coefficient (Wildman–Crippen LogP) is 4.37. The molecule has 0 amide bonds. The molecule has 1 aromatic heterocycles. The van der Waals surface area contributed by atoms with Crippen molar-refractivity contribution in [1.29, 1.82) is 0 Å². The van der Waals surface area contributed by atoms with E-state index in [1.54, 1.807) is 12.1 Å². The van der Waals surface area contributed by atoms with Crippen molar-refractivity contribution >= 4 is 27.2 Å². The highest BCUT2D eigenvalue weighted by molar-refractivity contribution is 7.92. The molecule has 27 heavy (non-hydrogen) atoms. The maximum absolute atomic E-state index is 12.3. The van der Waals surface area contributed by atoms with Crippen LogP contribution in [0.25, 0.3) is 0 Å². The van der Waals surface area contributed by atoms with Crippen LogP contribution < -0.4 is 10.0 Å². The van der Waals surface area contributed by atoms with E-state index in [1.807, 2.05) is 42.5 Å². The Bertz CT molecular complexity index is 955. The smallest absolute Gasteiger partial charge is 0.233 e. The molecule has 0 spiro atoms. The summed E-state index contributed by atoms with van der Waals surface area (Å²) in [6.45, 7) is 2.11. The molecule has 0 unspecified atom stereocenters. The second-order valence-corrected chi connectivity index (χ2v) is 8.11. The van der Waals surface area contributed by atoms with Crippen molar-refractivity contribution in [2.45, 2.75) is 19.8 Å². The van der Waals surface area contributed by atoms with E-state index in [0.717, 1.165) is 17.7 Å². The zero-order chi connectivity index (χ0) is 19.1. The first-order valence-corrected chi connectivity index (χ1v) is 10.6. The van der Waals surface area contributed by atoms with Gasteiger partial charge in [-0.05, 0) is 48.2 Å². The second kappa shape index (κ2) is 8.68. The molecule has 3 aromatic rings. The van der Waals surface area contributed by atoms with Gasteiger partial charge in [0.15, 0.2) is 0 Å². The van der Waals surface area contributed by atoms with Crippen LogP contribution in [0.15, 0.2) is 72.9 Å².